The van der Waals surface area contributed by atoms with Gasteiger partial charge in [-0.2, -0.15) is 0 Å². The molecule has 0 aliphatic heterocycles. The maximum Gasteiger partial charge on any atom is 0.293 e. The number of nitro benzene ring substituents is 1. The molecule has 0 saturated heterocycles. The van der Waals surface area contributed by atoms with Gasteiger partial charge in [0.2, 0.25) is 0 Å². The molecule has 1 aromatic heterocycles. The molecule has 0 saturated carbocycles. The van der Waals surface area contributed by atoms with Crippen LogP contribution in [-0.2, 0) is 6.42 Å². The number of nitrogens with zero attached hydrogens (tertiary/aromatic N) is 1. The molecule has 2 aromatic rings. The molecule has 1 N–H and O–H groups in total. The molecule has 0 amide bonds. The van der Waals surface area contributed by atoms with E-state index in [1.165, 1.54) is 6.42 Å². The van der Waals surface area contributed by atoms with Crippen molar-refractivity contribution in [2.45, 2.75) is 32.6 Å². The average molecular weight is 232 g/mol. The van der Waals surface area contributed by atoms with Crippen LogP contribution >= 0.6 is 0 Å². The monoisotopic (exact) mass is 232 g/mol. The van der Waals surface area contributed by atoms with Gasteiger partial charge in [-0.25, -0.2) is 0 Å². The smallest absolute Gasteiger partial charge is 0.293 e. The van der Waals surface area contributed by atoms with E-state index in [2.05, 4.69) is 11.9 Å². The molecular weight excluding hydrogens is 216 g/mol. The van der Waals surface area contributed by atoms with Crippen molar-refractivity contribution in [3.8, 4) is 0 Å². The van der Waals surface area contributed by atoms with E-state index < -0.39 is 0 Å². The van der Waals surface area contributed by atoms with Gasteiger partial charge in [0, 0.05) is 17.6 Å². The van der Waals surface area contributed by atoms with Crippen LogP contribution in [0.2, 0.25) is 0 Å². The van der Waals surface area contributed by atoms with Crippen LogP contribution in [0.25, 0.3) is 10.9 Å². The van der Waals surface area contributed by atoms with Gasteiger partial charge in [-0.3, -0.25) is 10.1 Å². The summed E-state index contributed by atoms with van der Waals surface area (Å²) in [7, 11) is 0. The first kappa shape index (κ1) is 11.6. The van der Waals surface area contributed by atoms with Gasteiger partial charge in [0.25, 0.3) is 5.69 Å². The molecule has 4 nitrogen and oxygen atoms in total. The lowest BCUT2D eigenvalue weighted by Crippen LogP contribution is -1.93. The molecule has 2 rings (SSSR count). The third-order valence-electron chi connectivity index (χ3n) is 2.96. The molecule has 4 heteroatoms. The Kier molecular flexibility index (Phi) is 3.42. The van der Waals surface area contributed by atoms with E-state index in [0.717, 1.165) is 30.2 Å². The van der Waals surface area contributed by atoms with E-state index in [0.29, 0.717) is 5.52 Å². The first-order chi connectivity index (χ1) is 8.22. The second-order valence-electron chi connectivity index (χ2n) is 4.27. The summed E-state index contributed by atoms with van der Waals surface area (Å²) in [5.74, 6) is 0. The molecule has 0 unspecified atom stereocenters. The highest BCUT2D eigenvalue weighted by Crippen LogP contribution is 2.26. The van der Waals surface area contributed by atoms with Crippen LogP contribution < -0.4 is 0 Å². The minimum atomic E-state index is -0.317. The summed E-state index contributed by atoms with van der Waals surface area (Å²) in [5.41, 5.74) is 1.85. The average Bonchev–Trinajstić information content (AvgIpc) is 2.76. The molecule has 0 radical (unpaired) electrons. The number of non-ortho nitro benzene ring substituents is 1. The van der Waals surface area contributed by atoms with E-state index in [1.54, 1.807) is 12.3 Å². The summed E-state index contributed by atoms with van der Waals surface area (Å²) in [5, 5.41) is 11.9. The number of benzene rings is 1. The third kappa shape index (κ3) is 2.46. The number of nitrogens with one attached hydrogen (secondary N) is 1. The number of aryl methyl sites for hydroxylation is 1. The van der Waals surface area contributed by atoms with E-state index in [9.17, 15) is 10.1 Å². The Labute approximate surface area is 99.8 Å². The largest absolute Gasteiger partial charge is 0.356 e. The fourth-order valence-corrected chi connectivity index (χ4v) is 2.08. The number of aromatic amines is 1. The van der Waals surface area contributed by atoms with E-state index in [-0.39, 0.29) is 10.6 Å². The zero-order valence-electron chi connectivity index (χ0n) is 9.90. The Morgan fingerprint density at radius 1 is 1.35 bits per heavy atom. The molecule has 1 aromatic carbocycles. The van der Waals surface area contributed by atoms with Crippen molar-refractivity contribution in [1.29, 1.82) is 0 Å². The number of hydrogen-bond donors (Lipinski definition) is 1. The fraction of sp³-hybridized carbons (Fsp3) is 0.385. The van der Waals surface area contributed by atoms with E-state index >= 15 is 0 Å². The first-order valence-corrected chi connectivity index (χ1v) is 5.96. The highest BCUT2D eigenvalue weighted by Gasteiger charge is 2.14. The highest BCUT2D eigenvalue weighted by atomic mass is 16.6. The Bertz CT molecular complexity index is 531. The van der Waals surface area contributed by atoms with Crippen LogP contribution in [0.1, 0.15) is 31.7 Å². The van der Waals surface area contributed by atoms with Crippen molar-refractivity contribution >= 4 is 16.6 Å². The Morgan fingerprint density at radius 3 is 2.88 bits per heavy atom. The topological polar surface area (TPSA) is 58.9 Å². The molecular formula is C13H16N2O2. The van der Waals surface area contributed by atoms with Gasteiger partial charge in [0.05, 0.1) is 4.92 Å². The third-order valence-corrected chi connectivity index (χ3v) is 2.96. The molecule has 0 aliphatic rings. The van der Waals surface area contributed by atoms with Crippen LogP contribution in [0.15, 0.2) is 24.4 Å². The number of H-pyrrole nitrogens is 1. The van der Waals surface area contributed by atoms with Crippen LogP contribution in [0.5, 0.6) is 0 Å². The summed E-state index contributed by atoms with van der Waals surface area (Å²) in [6, 6.07) is 5.61. The highest BCUT2D eigenvalue weighted by molar-refractivity contribution is 5.88. The van der Waals surface area contributed by atoms with E-state index in [4.69, 9.17) is 0 Å². The molecule has 0 spiro atoms. The maximum absolute atomic E-state index is 11.0. The molecule has 90 valence electrons. The summed E-state index contributed by atoms with van der Waals surface area (Å²) < 4.78 is 0. The zero-order chi connectivity index (χ0) is 12.3. The molecule has 0 atom stereocenters. The van der Waals surface area contributed by atoms with Gasteiger partial charge >= 0.3 is 0 Å². The first-order valence-electron chi connectivity index (χ1n) is 5.96. The van der Waals surface area contributed by atoms with Crippen molar-refractivity contribution in [2.24, 2.45) is 0 Å². The summed E-state index contributed by atoms with van der Waals surface area (Å²) in [6.07, 6.45) is 6.07. The fourth-order valence-electron chi connectivity index (χ4n) is 2.08. The lowest BCUT2D eigenvalue weighted by molar-refractivity contribution is -0.383. The van der Waals surface area contributed by atoms with Crippen molar-refractivity contribution in [1.82, 2.24) is 4.98 Å². The Hall–Kier alpha value is -1.84. The Morgan fingerprint density at radius 2 is 2.18 bits per heavy atom. The lowest BCUT2D eigenvalue weighted by atomic mass is 10.0. The minimum Gasteiger partial charge on any atom is -0.356 e. The number of aromatic nitrogens is 1. The predicted octanol–water partition coefficient (Wildman–Crippen LogP) is 3.81. The summed E-state index contributed by atoms with van der Waals surface area (Å²) in [6.45, 7) is 2.15. The van der Waals surface area contributed by atoms with Gasteiger partial charge in [-0.15, -0.1) is 0 Å². The summed E-state index contributed by atoms with van der Waals surface area (Å²) >= 11 is 0. The predicted molar refractivity (Wildman–Crippen MR) is 68.2 cm³/mol. The maximum atomic E-state index is 11.0. The standard InChI is InChI=1S/C13H16N2O2/c1-2-3-4-5-10-8-11-6-7-14-13(11)12(9-10)15(16)17/h6-9,14H,2-5H2,1H3. The van der Waals surface area contributed by atoms with Crippen LogP contribution in [0.4, 0.5) is 5.69 Å². The quantitative estimate of drug-likeness (QED) is 0.484. The number of unbranched alkanes of at least 4 members (excludes halogenated alkanes) is 2. The SMILES string of the molecule is CCCCCc1cc([N+](=O)[O-])c2[nH]ccc2c1. The van der Waals surface area contributed by atoms with Crippen molar-refractivity contribution in [2.75, 3.05) is 0 Å². The van der Waals surface area contributed by atoms with Crippen LogP contribution in [-0.4, -0.2) is 9.91 Å². The second-order valence-corrected chi connectivity index (χ2v) is 4.27. The van der Waals surface area contributed by atoms with Crippen LogP contribution in [0, 0.1) is 10.1 Å². The van der Waals surface area contributed by atoms with Gasteiger partial charge in [0.15, 0.2) is 0 Å². The summed E-state index contributed by atoms with van der Waals surface area (Å²) in [4.78, 5) is 13.6. The molecule has 17 heavy (non-hydrogen) atoms. The van der Waals surface area contributed by atoms with Gasteiger partial charge in [0.1, 0.15) is 5.52 Å². The zero-order valence-corrected chi connectivity index (χ0v) is 9.90. The van der Waals surface area contributed by atoms with Crippen molar-refractivity contribution in [3.63, 3.8) is 0 Å². The Balaban J connectivity index is 2.34. The molecule has 1 heterocycles. The van der Waals surface area contributed by atoms with Crippen molar-refractivity contribution < 1.29 is 4.92 Å². The van der Waals surface area contributed by atoms with Crippen molar-refractivity contribution in [3.05, 3.63) is 40.1 Å². The lowest BCUT2D eigenvalue weighted by Gasteiger charge is -2.02. The normalized spacial score (nSPS) is 10.9. The number of nitro groups is 1. The molecule has 0 aliphatic carbocycles. The minimum absolute atomic E-state index is 0.180. The molecule has 0 bridgehead atoms. The van der Waals surface area contributed by atoms with E-state index in [1.807, 2.05) is 12.1 Å². The van der Waals surface area contributed by atoms with Gasteiger partial charge in [-0.05, 0) is 30.5 Å². The van der Waals surface area contributed by atoms with Gasteiger partial charge < -0.3 is 4.98 Å². The number of fused-ring (bicyclic) bond motifs is 1. The molecule has 0 fully saturated rings. The number of rotatable bonds is 5. The van der Waals surface area contributed by atoms with Gasteiger partial charge in [-0.1, -0.05) is 19.8 Å². The second kappa shape index (κ2) is 4.99. The number of hydrogen-bond acceptors (Lipinski definition) is 2. The van der Waals surface area contributed by atoms with Crippen LogP contribution in [0.3, 0.4) is 0 Å².